The first kappa shape index (κ1) is 35.0. The van der Waals surface area contributed by atoms with E-state index in [0.717, 1.165) is 116 Å². The minimum absolute atomic E-state index is 0.282. The molecule has 1 aliphatic heterocycles. The third-order valence-corrected chi connectivity index (χ3v) is 13.2. The molecule has 1 aliphatic rings. The Labute approximate surface area is 366 Å². The summed E-state index contributed by atoms with van der Waals surface area (Å²) in [5.74, 6) is 0.754. The van der Waals surface area contributed by atoms with Gasteiger partial charge in [0.05, 0.1) is 27.8 Å². The van der Waals surface area contributed by atoms with Gasteiger partial charge in [-0.05, 0) is 65.7 Å². The summed E-state index contributed by atoms with van der Waals surface area (Å²) in [6, 6.07) is 70.9. The second kappa shape index (κ2) is 13.4. The number of benzene rings is 9. The van der Waals surface area contributed by atoms with Crippen molar-refractivity contribution in [2.75, 3.05) is 0 Å². The minimum Gasteiger partial charge on any atom is -0.455 e. The Morgan fingerprint density at radius 1 is 0.391 bits per heavy atom. The number of fused-ring (bicyclic) bond motifs is 12. The highest BCUT2D eigenvalue weighted by atomic mass is 16.3. The SMILES string of the molecule is C1=C(c2ccccc2)N=C(n2c3ccccc3c3cc(-c4cccc5c4oc4ccccc45)ccc32)NC1n1c2ccccc2c2cc(-c3cccc4c3oc3ccccc34)ccc21. The molecule has 1 unspecified atom stereocenters. The lowest BCUT2D eigenvalue weighted by molar-refractivity contribution is 0.591. The predicted molar refractivity (Wildman–Crippen MR) is 264 cm³/mol. The molecule has 13 aromatic rings. The minimum atomic E-state index is -0.282. The standard InChI is InChI=1S/C58H36N4O2/c1-2-14-35(15-3-1)48-34-55(61-49-24-8-4-16-40(49)46-32-36(28-30-51(46)61)38-20-12-22-44-42-18-6-10-26-53(42)63-56(38)44)60-58(59-48)62-50-25-9-5-17-41(50)47-33-37(29-31-52(47)62)39-21-13-23-45-43-19-7-11-27-54(43)64-57(39)45/h1-34,55H,(H,59,60). The summed E-state index contributed by atoms with van der Waals surface area (Å²) in [6.45, 7) is 0. The van der Waals surface area contributed by atoms with E-state index in [-0.39, 0.29) is 6.17 Å². The van der Waals surface area contributed by atoms with Crippen molar-refractivity contribution in [3.63, 3.8) is 0 Å². The highest BCUT2D eigenvalue weighted by Crippen LogP contribution is 2.42. The maximum Gasteiger partial charge on any atom is 0.210 e. The van der Waals surface area contributed by atoms with Gasteiger partial charge in [0.2, 0.25) is 5.96 Å². The van der Waals surface area contributed by atoms with Crippen molar-refractivity contribution in [2.24, 2.45) is 4.99 Å². The molecule has 0 amide bonds. The van der Waals surface area contributed by atoms with E-state index in [0.29, 0.717) is 0 Å². The van der Waals surface area contributed by atoms with Gasteiger partial charge < -0.3 is 18.7 Å². The first-order chi connectivity index (χ1) is 31.7. The van der Waals surface area contributed by atoms with E-state index in [1.807, 2.05) is 24.3 Å². The second-order valence-electron chi connectivity index (χ2n) is 16.7. The van der Waals surface area contributed by atoms with Gasteiger partial charge in [0.25, 0.3) is 0 Å². The van der Waals surface area contributed by atoms with Gasteiger partial charge in [-0.3, -0.25) is 4.57 Å². The summed E-state index contributed by atoms with van der Waals surface area (Å²) >= 11 is 0. The Kier molecular flexibility index (Phi) is 7.36. The van der Waals surface area contributed by atoms with Crippen LogP contribution in [0.25, 0.3) is 115 Å². The smallest absolute Gasteiger partial charge is 0.210 e. The van der Waals surface area contributed by atoms with Crippen LogP contribution in [0.3, 0.4) is 0 Å². The maximum absolute atomic E-state index is 6.51. The van der Waals surface area contributed by atoms with Crippen molar-refractivity contribution in [3.8, 4) is 22.3 Å². The van der Waals surface area contributed by atoms with Crippen molar-refractivity contribution in [2.45, 2.75) is 6.17 Å². The van der Waals surface area contributed by atoms with Crippen LogP contribution in [0.2, 0.25) is 0 Å². The van der Waals surface area contributed by atoms with Crippen LogP contribution in [0.5, 0.6) is 0 Å². The van der Waals surface area contributed by atoms with Crippen molar-refractivity contribution in [3.05, 3.63) is 212 Å². The predicted octanol–water partition coefficient (Wildman–Crippen LogP) is 15.1. The molecule has 0 aliphatic carbocycles. The summed E-state index contributed by atoms with van der Waals surface area (Å²) in [7, 11) is 0. The number of aliphatic imine (C=N–C) groups is 1. The van der Waals surface area contributed by atoms with Crippen LogP contribution in [0, 0.1) is 0 Å². The molecule has 5 heterocycles. The molecule has 0 radical (unpaired) electrons. The Morgan fingerprint density at radius 3 is 1.53 bits per heavy atom. The highest BCUT2D eigenvalue weighted by molar-refractivity contribution is 6.17. The van der Waals surface area contributed by atoms with Gasteiger partial charge >= 0.3 is 0 Å². The lowest BCUT2D eigenvalue weighted by Gasteiger charge is -2.27. The monoisotopic (exact) mass is 820 g/mol. The number of hydrogen-bond donors (Lipinski definition) is 1. The van der Waals surface area contributed by atoms with E-state index >= 15 is 0 Å². The van der Waals surface area contributed by atoms with E-state index in [4.69, 9.17) is 13.8 Å². The van der Waals surface area contributed by atoms with Gasteiger partial charge in [0.1, 0.15) is 28.5 Å². The van der Waals surface area contributed by atoms with Gasteiger partial charge in [-0.2, -0.15) is 0 Å². The largest absolute Gasteiger partial charge is 0.455 e. The van der Waals surface area contributed by atoms with Gasteiger partial charge in [0, 0.05) is 59.8 Å². The molecule has 300 valence electrons. The Hall–Kier alpha value is -8.61. The number of nitrogens with one attached hydrogen (secondary N) is 1. The number of hydrogen-bond acceptors (Lipinski definition) is 4. The van der Waals surface area contributed by atoms with E-state index in [1.165, 1.54) is 10.8 Å². The lowest BCUT2D eigenvalue weighted by Crippen LogP contribution is -2.38. The van der Waals surface area contributed by atoms with Crippen molar-refractivity contribution >= 4 is 99.1 Å². The average molecular weight is 821 g/mol. The molecule has 1 N–H and O–H groups in total. The third-order valence-electron chi connectivity index (χ3n) is 13.2. The van der Waals surface area contributed by atoms with E-state index < -0.39 is 0 Å². The van der Waals surface area contributed by atoms with E-state index in [1.54, 1.807) is 0 Å². The van der Waals surface area contributed by atoms with E-state index in [2.05, 4.69) is 196 Å². The van der Waals surface area contributed by atoms with Crippen LogP contribution in [0.4, 0.5) is 0 Å². The molecule has 4 aromatic heterocycles. The number of nitrogens with zero attached hydrogens (tertiary/aromatic N) is 3. The Morgan fingerprint density at radius 2 is 0.875 bits per heavy atom. The van der Waals surface area contributed by atoms with Crippen molar-refractivity contribution < 1.29 is 8.83 Å². The Bertz CT molecular complexity index is 4120. The van der Waals surface area contributed by atoms with Crippen LogP contribution in [0.15, 0.2) is 220 Å². The normalized spacial score (nSPS) is 14.4. The van der Waals surface area contributed by atoms with Crippen LogP contribution < -0.4 is 5.32 Å². The third kappa shape index (κ3) is 5.11. The van der Waals surface area contributed by atoms with Gasteiger partial charge in [-0.1, -0.05) is 152 Å². The molecule has 1 atom stereocenters. The van der Waals surface area contributed by atoms with Crippen LogP contribution in [0.1, 0.15) is 11.7 Å². The zero-order valence-corrected chi connectivity index (χ0v) is 34.4. The maximum atomic E-state index is 6.51. The molecule has 0 bridgehead atoms. The van der Waals surface area contributed by atoms with Crippen LogP contribution in [-0.2, 0) is 0 Å². The van der Waals surface area contributed by atoms with Crippen LogP contribution in [-0.4, -0.2) is 15.1 Å². The molecule has 0 spiro atoms. The van der Waals surface area contributed by atoms with Crippen molar-refractivity contribution in [1.82, 2.24) is 14.5 Å². The number of furan rings is 2. The molecule has 0 fully saturated rings. The van der Waals surface area contributed by atoms with E-state index in [9.17, 15) is 0 Å². The molecule has 64 heavy (non-hydrogen) atoms. The fraction of sp³-hybridized carbons (Fsp3) is 0.0172. The molecular formula is C58H36N4O2. The van der Waals surface area contributed by atoms with Crippen LogP contribution >= 0.6 is 0 Å². The summed E-state index contributed by atoms with van der Waals surface area (Å²) < 4.78 is 17.7. The number of aromatic nitrogens is 2. The zero-order valence-electron chi connectivity index (χ0n) is 34.4. The molecule has 0 saturated carbocycles. The number of para-hydroxylation sites is 6. The average Bonchev–Trinajstić information content (AvgIpc) is 4.11. The van der Waals surface area contributed by atoms with Gasteiger partial charge in [-0.15, -0.1) is 0 Å². The molecule has 0 saturated heterocycles. The summed E-state index contributed by atoms with van der Waals surface area (Å²) in [4.78, 5) is 5.45. The van der Waals surface area contributed by atoms with Gasteiger partial charge in [0.15, 0.2) is 0 Å². The summed E-state index contributed by atoms with van der Waals surface area (Å²) in [5, 5.41) is 13.1. The Balaban J connectivity index is 0.943. The topological polar surface area (TPSA) is 60.5 Å². The first-order valence-corrected chi connectivity index (χ1v) is 21.7. The molecule has 9 aromatic carbocycles. The number of rotatable bonds is 4. The molecule has 14 rings (SSSR count). The quantitative estimate of drug-likeness (QED) is 0.192. The fourth-order valence-electron chi connectivity index (χ4n) is 10.3. The fourth-order valence-corrected chi connectivity index (χ4v) is 10.3. The zero-order chi connectivity index (χ0) is 41.9. The molecule has 6 nitrogen and oxygen atoms in total. The van der Waals surface area contributed by atoms with Gasteiger partial charge in [-0.25, -0.2) is 4.99 Å². The first-order valence-electron chi connectivity index (χ1n) is 21.7. The second-order valence-corrected chi connectivity index (χ2v) is 16.7. The van der Waals surface area contributed by atoms with Crippen molar-refractivity contribution in [1.29, 1.82) is 0 Å². The summed E-state index contributed by atoms with van der Waals surface area (Å²) in [5.41, 5.74) is 14.3. The molecule has 6 heteroatoms. The molecular weight excluding hydrogens is 785 g/mol. The lowest BCUT2D eigenvalue weighted by atomic mass is 10.0. The summed E-state index contributed by atoms with van der Waals surface area (Å²) in [6.07, 6.45) is 1.98. The highest BCUT2D eigenvalue weighted by Gasteiger charge is 2.26.